The molecule has 8 nitrogen and oxygen atoms in total. The molecule has 0 unspecified atom stereocenters. The highest BCUT2D eigenvalue weighted by atomic mass is 16.6. The van der Waals surface area contributed by atoms with Crippen LogP contribution in [0.5, 0.6) is 17.2 Å². The summed E-state index contributed by atoms with van der Waals surface area (Å²) in [6, 6.07) is 12.2. The Labute approximate surface area is 245 Å². The third-order valence-electron chi connectivity index (χ3n) is 7.47. The fraction of sp³-hybridized carbons (Fsp3) is 0.576. The van der Waals surface area contributed by atoms with Crippen molar-refractivity contribution >= 4 is 11.7 Å². The summed E-state index contributed by atoms with van der Waals surface area (Å²) in [5.74, 6) is 2.03. The van der Waals surface area contributed by atoms with Gasteiger partial charge in [-0.1, -0.05) is 39.2 Å². The monoisotopic (exact) mass is 568 g/mol. The zero-order valence-electron chi connectivity index (χ0n) is 25.0. The highest BCUT2D eigenvalue weighted by Crippen LogP contribution is 2.33. The van der Waals surface area contributed by atoms with Crippen molar-refractivity contribution in [2.75, 3.05) is 40.0 Å². The molecule has 0 bridgehead atoms. The Kier molecular flexibility index (Phi) is 14.0. The van der Waals surface area contributed by atoms with Crippen LogP contribution in [0.15, 0.2) is 42.5 Å². The van der Waals surface area contributed by atoms with Crippen molar-refractivity contribution in [3.05, 3.63) is 53.6 Å². The summed E-state index contributed by atoms with van der Waals surface area (Å²) >= 11 is 0. The van der Waals surface area contributed by atoms with Crippen LogP contribution < -0.4 is 19.5 Å². The number of fused-ring (bicyclic) bond motifs is 1. The van der Waals surface area contributed by atoms with Gasteiger partial charge in [-0.2, -0.15) is 0 Å². The number of nitrogens with zero attached hydrogens (tertiary/aromatic N) is 1. The van der Waals surface area contributed by atoms with E-state index in [-0.39, 0.29) is 11.7 Å². The summed E-state index contributed by atoms with van der Waals surface area (Å²) in [6.45, 7) is 7.75. The molecule has 41 heavy (non-hydrogen) atoms. The van der Waals surface area contributed by atoms with Gasteiger partial charge in [-0.25, -0.2) is 0 Å². The minimum atomic E-state index is -0.886. The number of hydrogen-bond acceptors (Lipinski definition) is 7. The normalized spacial score (nSPS) is 14.0. The third kappa shape index (κ3) is 10.7. The molecule has 0 radical (unpaired) electrons. The van der Waals surface area contributed by atoms with Crippen LogP contribution in [-0.4, -0.2) is 67.7 Å². The topological polar surface area (TPSA) is 97.3 Å². The smallest absolute Gasteiger partial charge is 0.220 e. The highest BCUT2D eigenvalue weighted by molar-refractivity contribution is 5.96. The summed E-state index contributed by atoms with van der Waals surface area (Å²) in [4.78, 5) is 27.9. The SMILES string of the molecule is CCCCN(CCCC)C[C@@H](NC(=O)CCCCCC(=O)c1ccc(OC)cc1)[C@H](O)c1ccc2c(c1)OCCO2. The molecule has 226 valence electrons. The number of rotatable bonds is 19. The molecular formula is C33H48N2O6. The summed E-state index contributed by atoms with van der Waals surface area (Å²) < 4.78 is 16.5. The first-order chi connectivity index (χ1) is 19.9. The van der Waals surface area contributed by atoms with Gasteiger partial charge in [0.05, 0.1) is 13.2 Å². The number of ether oxygens (including phenoxy) is 3. The number of carbonyl (C=O) groups excluding carboxylic acids is 2. The number of aliphatic hydroxyl groups is 1. The molecular weight excluding hydrogens is 520 g/mol. The average molecular weight is 569 g/mol. The van der Waals surface area contributed by atoms with E-state index in [1.54, 1.807) is 31.4 Å². The number of carbonyl (C=O) groups is 2. The summed E-state index contributed by atoms with van der Waals surface area (Å²) in [5, 5.41) is 14.6. The van der Waals surface area contributed by atoms with Crippen molar-refractivity contribution in [3.8, 4) is 17.2 Å². The highest BCUT2D eigenvalue weighted by Gasteiger charge is 2.26. The van der Waals surface area contributed by atoms with Crippen LogP contribution >= 0.6 is 0 Å². The van der Waals surface area contributed by atoms with Crippen molar-refractivity contribution in [2.24, 2.45) is 0 Å². The first-order valence-electron chi connectivity index (χ1n) is 15.2. The first-order valence-corrected chi connectivity index (χ1v) is 15.2. The Bertz CT molecular complexity index is 1070. The molecule has 0 saturated heterocycles. The number of methoxy groups -OCH3 is 1. The van der Waals surface area contributed by atoms with Crippen molar-refractivity contribution in [1.82, 2.24) is 10.2 Å². The van der Waals surface area contributed by atoms with Crippen LogP contribution in [0.1, 0.15) is 93.7 Å². The molecule has 1 aliphatic rings. The number of amides is 1. The van der Waals surface area contributed by atoms with Gasteiger partial charge in [0.1, 0.15) is 25.1 Å². The number of benzene rings is 2. The van der Waals surface area contributed by atoms with Crippen molar-refractivity contribution in [2.45, 2.75) is 83.8 Å². The lowest BCUT2D eigenvalue weighted by molar-refractivity contribution is -0.123. The molecule has 0 spiro atoms. The third-order valence-corrected chi connectivity index (χ3v) is 7.47. The van der Waals surface area contributed by atoms with Gasteiger partial charge in [-0.3, -0.25) is 9.59 Å². The fourth-order valence-electron chi connectivity index (χ4n) is 4.98. The Morgan fingerprint density at radius 1 is 0.902 bits per heavy atom. The maximum atomic E-state index is 13.0. The van der Waals surface area contributed by atoms with E-state index in [0.29, 0.717) is 61.6 Å². The van der Waals surface area contributed by atoms with Crippen LogP contribution in [0.2, 0.25) is 0 Å². The van der Waals surface area contributed by atoms with Crippen LogP contribution in [0.25, 0.3) is 0 Å². The Morgan fingerprint density at radius 3 is 2.22 bits per heavy atom. The Balaban J connectivity index is 1.56. The van der Waals surface area contributed by atoms with Crippen molar-refractivity contribution in [1.29, 1.82) is 0 Å². The second-order valence-electron chi connectivity index (χ2n) is 10.7. The van der Waals surface area contributed by atoms with E-state index < -0.39 is 12.1 Å². The molecule has 0 fully saturated rings. The predicted molar refractivity (Wildman–Crippen MR) is 161 cm³/mol. The van der Waals surface area contributed by atoms with Gasteiger partial charge in [0.15, 0.2) is 17.3 Å². The minimum Gasteiger partial charge on any atom is -0.497 e. The van der Waals surface area contributed by atoms with Gasteiger partial charge in [0, 0.05) is 24.9 Å². The van der Waals surface area contributed by atoms with Crippen molar-refractivity contribution in [3.63, 3.8) is 0 Å². The van der Waals surface area contributed by atoms with E-state index >= 15 is 0 Å². The van der Waals surface area contributed by atoms with Crippen LogP contribution in [0, 0.1) is 0 Å². The van der Waals surface area contributed by atoms with Gasteiger partial charge in [0.2, 0.25) is 5.91 Å². The summed E-state index contributed by atoms with van der Waals surface area (Å²) in [5.41, 5.74) is 1.37. The molecule has 0 aliphatic carbocycles. The van der Waals surface area contributed by atoms with Gasteiger partial charge in [0.25, 0.3) is 0 Å². The molecule has 3 rings (SSSR count). The van der Waals surface area contributed by atoms with Gasteiger partial charge >= 0.3 is 0 Å². The Morgan fingerprint density at radius 2 is 1.56 bits per heavy atom. The van der Waals surface area contributed by atoms with E-state index in [2.05, 4.69) is 24.1 Å². The van der Waals surface area contributed by atoms with Gasteiger partial charge in [-0.05, 0) is 80.7 Å². The zero-order chi connectivity index (χ0) is 29.5. The molecule has 8 heteroatoms. The van der Waals surface area contributed by atoms with Crippen LogP contribution in [-0.2, 0) is 4.79 Å². The second kappa shape index (κ2) is 17.7. The van der Waals surface area contributed by atoms with E-state index in [1.807, 2.05) is 18.2 Å². The lowest BCUT2D eigenvalue weighted by atomic mass is 10.00. The molecule has 1 aliphatic heterocycles. The fourth-order valence-corrected chi connectivity index (χ4v) is 4.98. The molecule has 1 heterocycles. The number of Topliss-reactive ketones (excluding diaryl/α,β-unsaturated/α-hetero) is 1. The van der Waals surface area contributed by atoms with Gasteiger partial charge < -0.3 is 29.5 Å². The number of unbranched alkanes of at least 4 members (excludes halogenated alkanes) is 4. The standard InChI is InChI=1S/C33H48N2O6/c1-4-6-19-35(20-7-5-2)24-28(33(38)26-15-18-30-31(23-26)41-22-21-40-30)34-32(37)12-10-8-9-11-29(36)25-13-16-27(39-3)17-14-25/h13-18,23,28,33,38H,4-12,19-22,24H2,1-3H3,(H,34,37)/t28-,33-/m1/s1. The Hall–Kier alpha value is -3.10. The van der Waals surface area contributed by atoms with E-state index in [4.69, 9.17) is 14.2 Å². The van der Waals surface area contributed by atoms with E-state index in [9.17, 15) is 14.7 Å². The first kappa shape index (κ1) is 32.4. The predicted octanol–water partition coefficient (Wildman–Crippen LogP) is 5.72. The van der Waals surface area contributed by atoms with Gasteiger partial charge in [-0.15, -0.1) is 0 Å². The van der Waals surface area contributed by atoms with E-state index in [1.165, 1.54) is 0 Å². The molecule has 2 aromatic rings. The van der Waals surface area contributed by atoms with E-state index in [0.717, 1.165) is 57.4 Å². The zero-order valence-corrected chi connectivity index (χ0v) is 25.0. The summed E-state index contributed by atoms with van der Waals surface area (Å²) in [7, 11) is 1.60. The quantitative estimate of drug-likeness (QED) is 0.165. The molecule has 2 aromatic carbocycles. The maximum absolute atomic E-state index is 13.0. The molecule has 2 N–H and O–H groups in total. The average Bonchev–Trinajstić information content (AvgIpc) is 3.01. The lowest BCUT2D eigenvalue weighted by Crippen LogP contribution is -2.47. The largest absolute Gasteiger partial charge is 0.497 e. The number of nitrogens with one attached hydrogen (secondary N) is 1. The van der Waals surface area contributed by atoms with Crippen molar-refractivity contribution < 1.29 is 28.9 Å². The molecule has 0 saturated carbocycles. The lowest BCUT2D eigenvalue weighted by Gasteiger charge is -2.31. The molecule has 2 atom stereocenters. The van der Waals surface area contributed by atoms with Crippen LogP contribution in [0.3, 0.4) is 0 Å². The molecule has 1 amide bonds. The second-order valence-corrected chi connectivity index (χ2v) is 10.7. The maximum Gasteiger partial charge on any atom is 0.220 e. The number of aliphatic hydroxyl groups excluding tert-OH is 1. The minimum absolute atomic E-state index is 0.0843. The number of hydrogen-bond donors (Lipinski definition) is 2. The summed E-state index contributed by atoms with van der Waals surface area (Å²) in [6.07, 6.45) is 6.42. The number of ketones is 1. The van der Waals surface area contributed by atoms with Crippen LogP contribution in [0.4, 0.5) is 0 Å². The molecule has 0 aromatic heterocycles.